The number of benzene rings is 3. The van der Waals surface area contributed by atoms with Gasteiger partial charge in [-0.2, -0.15) is 18.4 Å². The Balaban J connectivity index is 0.000000537. The van der Waals surface area contributed by atoms with Gasteiger partial charge in [0.1, 0.15) is 5.69 Å². The predicted octanol–water partition coefficient (Wildman–Crippen LogP) is 5.28. The topological polar surface area (TPSA) is 139 Å². The van der Waals surface area contributed by atoms with Crippen molar-refractivity contribution in [1.82, 2.24) is 19.4 Å². The largest absolute Gasteiger partial charge is 0.490 e. The van der Waals surface area contributed by atoms with Crippen LogP contribution in [-0.2, 0) is 16.1 Å². The molecule has 0 aliphatic carbocycles. The number of carbonyl (C=O) groups is 2. The Morgan fingerprint density at radius 1 is 1.07 bits per heavy atom. The second-order valence-corrected chi connectivity index (χ2v) is 10.6. The molecule has 3 aromatic carbocycles. The number of nitrogens with zero attached hydrogens (tertiary/aromatic N) is 4. The molecule has 0 amide bonds. The predicted molar refractivity (Wildman–Crippen MR) is 163 cm³/mol. The SMILES string of the molecule is COC(=O)c1ccc2nc(-c3cn(Cc4ccc(C#N)cc4)c4ccccc34)c(=O)n(C3CCNCC3)c2c1.O=C(O)C(F)(F)F. The van der Waals surface area contributed by atoms with Gasteiger partial charge < -0.3 is 24.3 Å². The average molecular weight is 632 g/mol. The van der Waals surface area contributed by atoms with Crippen molar-refractivity contribution in [3.8, 4) is 17.3 Å². The van der Waals surface area contributed by atoms with Crippen LogP contribution in [0.1, 0.15) is 40.4 Å². The molecule has 5 aromatic rings. The first-order valence-electron chi connectivity index (χ1n) is 14.2. The molecule has 0 saturated carbocycles. The fourth-order valence-corrected chi connectivity index (χ4v) is 5.50. The van der Waals surface area contributed by atoms with Crippen LogP contribution in [0.25, 0.3) is 33.2 Å². The number of halogens is 3. The number of esters is 1. The summed E-state index contributed by atoms with van der Waals surface area (Å²) < 4.78 is 40.6. The summed E-state index contributed by atoms with van der Waals surface area (Å²) in [6, 6.07) is 22.9. The highest BCUT2D eigenvalue weighted by Crippen LogP contribution is 2.31. The van der Waals surface area contributed by atoms with Gasteiger partial charge in [-0.1, -0.05) is 30.3 Å². The number of methoxy groups -OCH3 is 1. The van der Waals surface area contributed by atoms with Crippen molar-refractivity contribution in [1.29, 1.82) is 5.26 Å². The molecular formula is C33H28F3N5O5. The normalized spacial score (nSPS) is 13.5. The first-order valence-corrected chi connectivity index (χ1v) is 14.2. The molecule has 10 nitrogen and oxygen atoms in total. The Kier molecular flexibility index (Phi) is 9.20. The van der Waals surface area contributed by atoms with Gasteiger partial charge in [0.15, 0.2) is 0 Å². The zero-order valence-electron chi connectivity index (χ0n) is 24.5. The number of carbonyl (C=O) groups excluding carboxylic acids is 1. The number of hydrogen-bond acceptors (Lipinski definition) is 7. The summed E-state index contributed by atoms with van der Waals surface area (Å²) in [4.78, 5) is 40.3. The minimum atomic E-state index is -5.08. The van der Waals surface area contributed by atoms with Crippen LogP contribution < -0.4 is 10.9 Å². The molecule has 6 rings (SSSR count). The molecule has 46 heavy (non-hydrogen) atoms. The third-order valence-corrected chi connectivity index (χ3v) is 7.71. The van der Waals surface area contributed by atoms with E-state index in [1.807, 2.05) is 59.3 Å². The number of piperidine rings is 1. The van der Waals surface area contributed by atoms with E-state index in [1.54, 1.807) is 18.2 Å². The lowest BCUT2D eigenvalue weighted by Crippen LogP contribution is -2.35. The Bertz CT molecular complexity index is 2020. The van der Waals surface area contributed by atoms with E-state index in [-0.39, 0.29) is 11.6 Å². The Morgan fingerprint density at radius 2 is 1.74 bits per heavy atom. The van der Waals surface area contributed by atoms with E-state index in [9.17, 15) is 22.8 Å². The monoisotopic (exact) mass is 631 g/mol. The van der Waals surface area contributed by atoms with Gasteiger partial charge in [-0.3, -0.25) is 4.79 Å². The molecule has 0 atom stereocenters. The van der Waals surface area contributed by atoms with Crippen molar-refractivity contribution in [3.05, 3.63) is 100.0 Å². The van der Waals surface area contributed by atoms with E-state index in [2.05, 4.69) is 16.0 Å². The van der Waals surface area contributed by atoms with Crippen LogP contribution in [0.15, 0.2) is 77.7 Å². The molecule has 236 valence electrons. The molecule has 1 fully saturated rings. The lowest BCUT2D eigenvalue weighted by atomic mass is 10.0. The van der Waals surface area contributed by atoms with E-state index >= 15 is 0 Å². The van der Waals surface area contributed by atoms with E-state index in [0.29, 0.717) is 34.4 Å². The van der Waals surface area contributed by atoms with Crippen LogP contribution in [0.5, 0.6) is 0 Å². The highest BCUT2D eigenvalue weighted by Gasteiger charge is 2.38. The maximum Gasteiger partial charge on any atom is 0.490 e. The molecule has 1 aliphatic rings. The number of rotatable bonds is 5. The fraction of sp³-hybridized carbons (Fsp3) is 0.242. The molecule has 0 bridgehead atoms. The lowest BCUT2D eigenvalue weighted by Gasteiger charge is -2.26. The highest BCUT2D eigenvalue weighted by molar-refractivity contribution is 5.97. The van der Waals surface area contributed by atoms with Gasteiger partial charge in [0.05, 0.1) is 35.3 Å². The van der Waals surface area contributed by atoms with Crippen molar-refractivity contribution in [2.75, 3.05) is 20.2 Å². The van der Waals surface area contributed by atoms with E-state index in [1.165, 1.54) is 7.11 Å². The summed E-state index contributed by atoms with van der Waals surface area (Å²) in [5.41, 5.74) is 5.33. The Morgan fingerprint density at radius 3 is 2.37 bits per heavy atom. The molecule has 3 heterocycles. The third-order valence-electron chi connectivity index (χ3n) is 7.71. The van der Waals surface area contributed by atoms with E-state index in [4.69, 9.17) is 24.9 Å². The smallest absolute Gasteiger partial charge is 0.475 e. The van der Waals surface area contributed by atoms with Gasteiger partial charge in [0.25, 0.3) is 5.56 Å². The molecular weight excluding hydrogens is 603 g/mol. The number of alkyl halides is 3. The summed E-state index contributed by atoms with van der Waals surface area (Å²) >= 11 is 0. The number of hydrogen-bond donors (Lipinski definition) is 2. The van der Waals surface area contributed by atoms with Crippen LogP contribution >= 0.6 is 0 Å². The van der Waals surface area contributed by atoms with Crippen molar-refractivity contribution in [2.24, 2.45) is 0 Å². The number of carboxylic acid groups (broad SMARTS) is 1. The van der Waals surface area contributed by atoms with Crippen molar-refractivity contribution in [3.63, 3.8) is 0 Å². The van der Waals surface area contributed by atoms with Crippen LogP contribution in [-0.4, -0.2) is 57.5 Å². The quantitative estimate of drug-likeness (QED) is 0.250. The minimum absolute atomic E-state index is 0.0112. The highest BCUT2D eigenvalue weighted by atomic mass is 19.4. The Hall–Kier alpha value is -5.48. The van der Waals surface area contributed by atoms with Gasteiger partial charge in [-0.05, 0) is 67.9 Å². The zero-order valence-corrected chi connectivity index (χ0v) is 24.5. The minimum Gasteiger partial charge on any atom is -0.475 e. The maximum atomic E-state index is 14.2. The van der Waals surface area contributed by atoms with Crippen LogP contribution in [0.3, 0.4) is 0 Å². The molecule has 0 spiro atoms. The molecule has 13 heteroatoms. The van der Waals surface area contributed by atoms with Crippen molar-refractivity contribution < 1.29 is 32.6 Å². The fourth-order valence-electron chi connectivity index (χ4n) is 5.50. The molecule has 1 aliphatic heterocycles. The van der Waals surface area contributed by atoms with Gasteiger partial charge in [0.2, 0.25) is 0 Å². The third kappa shape index (κ3) is 6.62. The number of carboxylic acids is 1. The number of ether oxygens (including phenoxy) is 1. The second kappa shape index (κ2) is 13.3. The number of fused-ring (bicyclic) bond motifs is 2. The van der Waals surface area contributed by atoms with Crippen LogP contribution in [0.2, 0.25) is 0 Å². The van der Waals surface area contributed by atoms with Crippen molar-refractivity contribution in [2.45, 2.75) is 31.6 Å². The summed E-state index contributed by atoms with van der Waals surface area (Å²) in [5.74, 6) is -3.20. The second-order valence-electron chi connectivity index (χ2n) is 10.6. The van der Waals surface area contributed by atoms with Crippen molar-refractivity contribution >= 4 is 33.9 Å². The van der Waals surface area contributed by atoms with Gasteiger partial charge >= 0.3 is 18.1 Å². The summed E-state index contributed by atoms with van der Waals surface area (Å²) in [5, 5.41) is 20.6. The first-order chi connectivity index (χ1) is 22.0. The number of nitriles is 1. The van der Waals surface area contributed by atoms with E-state index in [0.717, 1.165) is 48.0 Å². The molecule has 0 unspecified atom stereocenters. The first kappa shape index (κ1) is 31.9. The summed E-state index contributed by atoms with van der Waals surface area (Å²) in [7, 11) is 1.35. The van der Waals surface area contributed by atoms with Gasteiger partial charge in [0, 0.05) is 35.2 Å². The summed E-state index contributed by atoms with van der Waals surface area (Å²) in [6.45, 7) is 2.22. The van der Waals surface area contributed by atoms with Gasteiger partial charge in [-0.15, -0.1) is 0 Å². The number of aromatic nitrogens is 3. The van der Waals surface area contributed by atoms with E-state index < -0.39 is 18.1 Å². The number of para-hydroxylation sites is 1. The molecule has 2 N–H and O–H groups in total. The molecule has 1 saturated heterocycles. The molecule has 0 radical (unpaired) electrons. The standard InChI is InChI=1S/C31H27N5O3.C2HF3O2/c1-39-31(38)22-10-11-26-28(16-22)36(23-12-14-33-15-13-23)30(37)29(34-26)25-19-35(27-5-3-2-4-24(25)27)18-21-8-6-20(17-32)7-9-21;3-2(4,5)1(6)7/h2-11,16,19,23,33H,12-15,18H2,1H3;(H,6,7). The number of aliphatic carboxylic acids is 1. The summed E-state index contributed by atoms with van der Waals surface area (Å²) in [6.07, 6.45) is -1.48. The number of nitrogens with one attached hydrogen (secondary N) is 1. The zero-order chi connectivity index (χ0) is 33.0. The lowest BCUT2D eigenvalue weighted by molar-refractivity contribution is -0.192. The van der Waals surface area contributed by atoms with Gasteiger partial charge in [-0.25, -0.2) is 14.6 Å². The van der Waals surface area contributed by atoms with Crippen LogP contribution in [0.4, 0.5) is 13.2 Å². The molecule has 2 aromatic heterocycles. The Labute approximate surface area is 260 Å². The average Bonchev–Trinajstić information content (AvgIpc) is 3.42. The maximum absolute atomic E-state index is 14.2. The van der Waals surface area contributed by atoms with Crippen LogP contribution in [0, 0.1) is 11.3 Å².